The van der Waals surface area contributed by atoms with E-state index in [0.29, 0.717) is 40.2 Å². The normalized spacial score (nSPS) is 18.5. The molecule has 0 bridgehead atoms. The number of carbonyl (C=O) groups excluding carboxylic acids is 2. The Balaban J connectivity index is 1.91. The summed E-state index contributed by atoms with van der Waals surface area (Å²) in [6.07, 6.45) is 4.97. The lowest BCUT2D eigenvalue weighted by atomic mass is 9.93. The zero-order valence-corrected chi connectivity index (χ0v) is 12.9. The highest BCUT2D eigenvalue weighted by atomic mass is 35.5. The lowest BCUT2D eigenvalue weighted by Crippen LogP contribution is -2.32. The van der Waals surface area contributed by atoms with E-state index >= 15 is 0 Å². The predicted molar refractivity (Wildman–Crippen MR) is 83.7 cm³/mol. The van der Waals surface area contributed by atoms with E-state index in [4.69, 9.17) is 11.6 Å². The molecule has 0 unspecified atom stereocenters. The molecule has 1 aliphatic carbocycles. The van der Waals surface area contributed by atoms with Gasteiger partial charge in [-0.05, 0) is 37.8 Å². The summed E-state index contributed by atoms with van der Waals surface area (Å²) in [4.78, 5) is 26.7. The number of anilines is 1. The van der Waals surface area contributed by atoms with Gasteiger partial charge in [0, 0.05) is 23.6 Å². The lowest BCUT2D eigenvalue weighted by molar-refractivity contribution is -0.120. The Kier molecular flexibility index (Phi) is 2.87. The summed E-state index contributed by atoms with van der Waals surface area (Å²) in [6, 6.07) is 3.43. The summed E-state index contributed by atoms with van der Waals surface area (Å²) in [5, 5.41) is 5.50. The Bertz CT molecular complexity index is 838. The van der Waals surface area contributed by atoms with E-state index in [9.17, 15) is 9.59 Å². The van der Waals surface area contributed by atoms with Crippen molar-refractivity contribution in [3.63, 3.8) is 0 Å². The Hall–Kier alpha value is -2.14. The minimum atomic E-state index is -0.190. The second kappa shape index (κ2) is 4.68. The maximum atomic E-state index is 12.7. The first-order valence-electron chi connectivity index (χ1n) is 7.30. The number of aryl methyl sites for hydroxylation is 1. The van der Waals surface area contributed by atoms with Crippen molar-refractivity contribution in [1.82, 2.24) is 9.78 Å². The van der Waals surface area contributed by atoms with Crippen LogP contribution >= 0.6 is 11.6 Å². The first-order chi connectivity index (χ1) is 10.6. The van der Waals surface area contributed by atoms with Crippen LogP contribution in [0, 0.1) is 0 Å². The monoisotopic (exact) mass is 315 g/mol. The summed E-state index contributed by atoms with van der Waals surface area (Å²) in [5.74, 6) is -0.381. The van der Waals surface area contributed by atoms with Crippen LogP contribution in [0.25, 0.3) is 10.9 Å². The largest absolute Gasteiger partial charge is 0.269 e. The number of rotatable bonds is 1. The number of fused-ring (bicyclic) bond motifs is 1. The molecule has 2 amide bonds. The van der Waals surface area contributed by atoms with Crippen LogP contribution in [0.2, 0.25) is 5.02 Å². The molecular weight excluding hydrogens is 302 g/mol. The molecule has 1 aliphatic heterocycles. The molecule has 0 N–H and O–H groups in total. The molecule has 0 radical (unpaired) electrons. The van der Waals surface area contributed by atoms with Gasteiger partial charge in [-0.1, -0.05) is 11.6 Å². The molecule has 0 fully saturated rings. The maximum absolute atomic E-state index is 12.7. The highest BCUT2D eigenvalue weighted by Gasteiger charge is 2.40. The van der Waals surface area contributed by atoms with Gasteiger partial charge in [-0.2, -0.15) is 5.10 Å². The molecule has 6 heteroatoms. The van der Waals surface area contributed by atoms with Crippen LogP contribution in [0.5, 0.6) is 0 Å². The van der Waals surface area contributed by atoms with Gasteiger partial charge in [-0.25, -0.2) is 4.90 Å². The van der Waals surface area contributed by atoms with E-state index in [2.05, 4.69) is 5.10 Å². The number of amides is 2. The van der Waals surface area contributed by atoms with E-state index in [1.807, 2.05) is 0 Å². The lowest BCUT2D eigenvalue weighted by Gasteiger charge is -2.17. The van der Waals surface area contributed by atoms with Crippen molar-refractivity contribution in [3.05, 3.63) is 34.5 Å². The van der Waals surface area contributed by atoms with Gasteiger partial charge in [0.25, 0.3) is 11.8 Å². The SMILES string of the molecule is Cn1ncc2c(Cl)ccc(N3C(=O)C4=C(CCCC4)C3=O)c21. The maximum Gasteiger partial charge on any atom is 0.261 e. The van der Waals surface area contributed by atoms with Crippen LogP contribution in [0.15, 0.2) is 29.5 Å². The van der Waals surface area contributed by atoms with Crippen LogP contribution in [0.1, 0.15) is 25.7 Å². The average Bonchev–Trinajstić information content (AvgIpc) is 3.02. The van der Waals surface area contributed by atoms with Crippen LogP contribution < -0.4 is 4.90 Å². The van der Waals surface area contributed by atoms with Crippen molar-refractivity contribution in [2.45, 2.75) is 25.7 Å². The molecule has 1 aromatic heterocycles. The van der Waals surface area contributed by atoms with Gasteiger partial charge in [-0.3, -0.25) is 14.3 Å². The highest BCUT2D eigenvalue weighted by Crippen LogP contribution is 2.39. The molecule has 2 aromatic rings. The summed E-state index contributed by atoms with van der Waals surface area (Å²) < 4.78 is 1.65. The third-order valence-electron chi connectivity index (χ3n) is 4.46. The van der Waals surface area contributed by atoms with E-state index in [1.165, 1.54) is 4.90 Å². The number of halogens is 1. The van der Waals surface area contributed by atoms with Crippen LogP contribution in [-0.2, 0) is 16.6 Å². The Morgan fingerprint density at radius 1 is 1.09 bits per heavy atom. The summed E-state index contributed by atoms with van der Waals surface area (Å²) in [5.41, 5.74) is 2.63. The van der Waals surface area contributed by atoms with E-state index in [1.54, 1.807) is 30.1 Å². The highest BCUT2D eigenvalue weighted by molar-refractivity contribution is 6.38. The molecule has 112 valence electrons. The first kappa shape index (κ1) is 13.5. The minimum Gasteiger partial charge on any atom is -0.269 e. The van der Waals surface area contributed by atoms with Crippen molar-refractivity contribution in [3.8, 4) is 0 Å². The zero-order chi connectivity index (χ0) is 15.4. The van der Waals surface area contributed by atoms with Crippen molar-refractivity contribution < 1.29 is 9.59 Å². The molecule has 4 rings (SSSR count). The van der Waals surface area contributed by atoms with Gasteiger partial charge in [-0.15, -0.1) is 0 Å². The van der Waals surface area contributed by atoms with Crippen molar-refractivity contribution in [2.75, 3.05) is 4.90 Å². The van der Waals surface area contributed by atoms with E-state index in [0.717, 1.165) is 18.2 Å². The summed E-state index contributed by atoms with van der Waals surface area (Å²) in [6.45, 7) is 0. The molecule has 0 saturated carbocycles. The minimum absolute atomic E-state index is 0.190. The van der Waals surface area contributed by atoms with Crippen LogP contribution in [0.4, 0.5) is 5.69 Å². The van der Waals surface area contributed by atoms with Crippen molar-refractivity contribution in [1.29, 1.82) is 0 Å². The predicted octanol–water partition coefficient (Wildman–Crippen LogP) is 2.97. The number of imide groups is 1. The number of nitrogens with zero attached hydrogens (tertiary/aromatic N) is 3. The van der Waals surface area contributed by atoms with Gasteiger partial charge in [0.2, 0.25) is 0 Å². The summed E-state index contributed by atoms with van der Waals surface area (Å²) in [7, 11) is 1.78. The van der Waals surface area contributed by atoms with Gasteiger partial charge in [0.05, 0.1) is 22.4 Å². The van der Waals surface area contributed by atoms with Crippen LogP contribution in [0.3, 0.4) is 0 Å². The Morgan fingerprint density at radius 2 is 1.73 bits per heavy atom. The number of hydrogen-bond acceptors (Lipinski definition) is 3. The fraction of sp³-hybridized carbons (Fsp3) is 0.312. The average molecular weight is 316 g/mol. The molecule has 0 spiro atoms. The second-order valence-corrected chi connectivity index (χ2v) is 6.11. The molecule has 0 atom stereocenters. The second-order valence-electron chi connectivity index (χ2n) is 5.71. The van der Waals surface area contributed by atoms with Crippen molar-refractivity contribution >= 4 is 40.0 Å². The number of benzene rings is 1. The number of aromatic nitrogens is 2. The molecule has 2 aliphatic rings. The van der Waals surface area contributed by atoms with Gasteiger partial charge in [0.1, 0.15) is 0 Å². The molecule has 22 heavy (non-hydrogen) atoms. The smallest absolute Gasteiger partial charge is 0.261 e. The Morgan fingerprint density at radius 3 is 2.36 bits per heavy atom. The van der Waals surface area contributed by atoms with E-state index < -0.39 is 0 Å². The van der Waals surface area contributed by atoms with Crippen LogP contribution in [-0.4, -0.2) is 21.6 Å². The van der Waals surface area contributed by atoms with E-state index in [-0.39, 0.29) is 11.8 Å². The fourth-order valence-electron chi connectivity index (χ4n) is 3.38. The van der Waals surface area contributed by atoms with Crippen molar-refractivity contribution in [2.24, 2.45) is 7.05 Å². The first-order valence-corrected chi connectivity index (χ1v) is 7.68. The fourth-order valence-corrected chi connectivity index (χ4v) is 3.58. The number of hydrogen-bond donors (Lipinski definition) is 0. The third kappa shape index (κ3) is 1.69. The van der Waals surface area contributed by atoms with Gasteiger partial charge >= 0.3 is 0 Å². The molecule has 0 saturated heterocycles. The molecule has 1 aromatic carbocycles. The zero-order valence-electron chi connectivity index (χ0n) is 12.1. The molecule has 2 heterocycles. The molecular formula is C16H14ClN3O2. The summed E-state index contributed by atoms with van der Waals surface area (Å²) >= 11 is 6.19. The topological polar surface area (TPSA) is 55.2 Å². The van der Waals surface area contributed by atoms with Gasteiger partial charge < -0.3 is 0 Å². The van der Waals surface area contributed by atoms with Gasteiger partial charge in [0.15, 0.2) is 0 Å². The standard InChI is InChI=1S/C16H14ClN3O2/c1-19-14-11(8-18-19)12(17)6-7-13(14)20-15(21)9-4-2-3-5-10(9)16(20)22/h6-8H,2-5H2,1H3. The molecule has 5 nitrogen and oxygen atoms in total. The quantitative estimate of drug-likeness (QED) is 0.760. The Labute approximate surface area is 132 Å². The number of carbonyl (C=O) groups is 2. The third-order valence-corrected chi connectivity index (χ3v) is 4.79.